The molecule has 0 spiro atoms. The maximum absolute atomic E-state index is 13.3. The molecule has 1 heterocycles. The number of hydrogen-bond acceptors (Lipinski definition) is 6. The molecule has 0 atom stereocenters. The number of halogens is 1. The van der Waals surface area contributed by atoms with Crippen molar-refractivity contribution in [2.45, 2.75) is 47.6 Å². The second-order valence-electron chi connectivity index (χ2n) is 7.96. The first kappa shape index (κ1) is 22.9. The third kappa shape index (κ3) is 4.89. The summed E-state index contributed by atoms with van der Waals surface area (Å²) in [4.78, 5) is 16.0. The molecule has 2 aromatic carbocycles. The van der Waals surface area contributed by atoms with Crippen molar-refractivity contribution >= 4 is 15.8 Å². The average Bonchev–Trinajstić information content (AvgIpc) is 3.30. The molecular formula is C24H23FN2O5S. The first-order chi connectivity index (χ1) is 15.8. The largest absolute Gasteiger partial charge is 0.480 e. The number of aromatic nitrogens is 1. The highest BCUT2D eigenvalue weighted by Gasteiger charge is 2.41. The van der Waals surface area contributed by atoms with Crippen LogP contribution in [0.2, 0.25) is 0 Å². The Hall–Kier alpha value is -3.30. The number of benzene rings is 2. The summed E-state index contributed by atoms with van der Waals surface area (Å²) in [5, 5.41) is 12.7. The quantitative estimate of drug-likeness (QED) is 0.505. The SMILES string of the molecule is O=C(O)C1(NCc2cnccc2S(=O)(=O)c2ccc(Oc3ccc(F)cc3)cc2)CCCC1. The molecule has 172 valence electrons. The molecule has 33 heavy (non-hydrogen) atoms. The van der Waals surface area contributed by atoms with E-state index in [4.69, 9.17) is 4.74 Å². The molecule has 0 amide bonds. The van der Waals surface area contributed by atoms with Gasteiger partial charge in [0.15, 0.2) is 0 Å². The molecule has 7 nitrogen and oxygen atoms in total. The molecule has 0 aliphatic heterocycles. The lowest BCUT2D eigenvalue weighted by Crippen LogP contribution is -2.49. The zero-order valence-corrected chi connectivity index (χ0v) is 18.5. The number of sulfone groups is 1. The predicted molar refractivity (Wildman–Crippen MR) is 118 cm³/mol. The number of aliphatic carboxylic acids is 1. The Kier molecular flexibility index (Phi) is 6.44. The van der Waals surface area contributed by atoms with E-state index < -0.39 is 21.3 Å². The van der Waals surface area contributed by atoms with Crippen molar-refractivity contribution < 1.29 is 27.4 Å². The Morgan fingerprint density at radius 1 is 1.03 bits per heavy atom. The molecule has 0 unspecified atom stereocenters. The minimum Gasteiger partial charge on any atom is -0.480 e. The fourth-order valence-electron chi connectivity index (χ4n) is 3.97. The average molecular weight is 471 g/mol. The highest BCUT2D eigenvalue weighted by molar-refractivity contribution is 7.91. The summed E-state index contributed by atoms with van der Waals surface area (Å²) in [5.74, 6) is -0.478. The molecule has 9 heteroatoms. The summed E-state index contributed by atoms with van der Waals surface area (Å²) >= 11 is 0. The van der Waals surface area contributed by atoms with E-state index in [0.29, 0.717) is 29.9 Å². The third-order valence-electron chi connectivity index (χ3n) is 5.82. The lowest BCUT2D eigenvalue weighted by molar-refractivity contribution is -0.144. The van der Waals surface area contributed by atoms with E-state index in [1.807, 2.05) is 0 Å². The van der Waals surface area contributed by atoms with E-state index in [9.17, 15) is 22.7 Å². The van der Waals surface area contributed by atoms with Crippen molar-refractivity contribution in [2.24, 2.45) is 0 Å². The topological polar surface area (TPSA) is 106 Å². The molecule has 1 saturated carbocycles. The first-order valence-corrected chi connectivity index (χ1v) is 12.0. The van der Waals surface area contributed by atoms with Crippen molar-refractivity contribution in [1.82, 2.24) is 10.3 Å². The first-order valence-electron chi connectivity index (χ1n) is 10.5. The summed E-state index contributed by atoms with van der Waals surface area (Å²) in [6.45, 7) is 0.0699. The standard InChI is InChI=1S/C24H23FN2O5S/c25-18-3-5-19(6-4-18)32-20-7-9-21(10-8-20)33(30,31)22-11-14-26-15-17(22)16-27-24(23(28)29)12-1-2-13-24/h3-11,14-15,27H,1-2,12-13,16H2,(H,28,29). The van der Waals surface area contributed by atoms with Gasteiger partial charge in [0.2, 0.25) is 9.84 Å². The lowest BCUT2D eigenvalue weighted by atomic mass is 9.97. The molecule has 3 aromatic rings. The molecule has 1 aromatic heterocycles. The van der Waals surface area contributed by atoms with Gasteiger partial charge >= 0.3 is 5.97 Å². The van der Waals surface area contributed by atoms with Crippen molar-refractivity contribution in [2.75, 3.05) is 0 Å². The van der Waals surface area contributed by atoms with Crippen LogP contribution in [0.15, 0.2) is 76.8 Å². The highest BCUT2D eigenvalue weighted by Crippen LogP contribution is 2.32. The number of pyridine rings is 1. The number of hydrogen-bond donors (Lipinski definition) is 2. The van der Waals surface area contributed by atoms with Crippen LogP contribution in [0, 0.1) is 5.82 Å². The van der Waals surface area contributed by atoms with Gasteiger partial charge < -0.3 is 9.84 Å². The fourth-order valence-corrected chi connectivity index (χ4v) is 5.43. The Bertz CT molecular complexity index is 1240. The van der Waals surface area contributed by atoms with E-state index in [0.717, 1.165) is 12.8 Å². The van der Waals surface area contributed by atoms with Crippen LogP contribution in [0.1, 0.15) is 31.2 Å². The minimum absolute atomic E-state index is 0.0650. The summed E-state index contributed by atoms with van der Waals surface area (Å²) in [5.41, 5.74) is -0.646. The van der Waals surface area contributed by atoms with Crippen LogP contribution in [-0.2, 0) is 21.2 Å². The van der Waals surface area contributed by atoms with Crippen LogP contribution in [0.5, 0.6) is 11.5 Å². The van der Waals surface area contributed by atoms with Gasteiger partial charge in [-0.2, -0.15) is 0 Å². The van der Waals surface area contributed by atoms with Gasteiger partial charge in [0, 0.05) is 24.5 Å². The van der Waals surface area contributed by atoms with Crippen molar-refractivity contribution in [1.29, 1.82) is 0 Å². The van der Waals surface area contributed by atoms with Gasteiger partial charge in [-0.05, 0) is 67.4 Å². The number of nitrogens with one attached hydrogen (secondary N) is 1. The summed E-state index contributed by atoms with van der Waals surface area (Å²) in [6, 6.07) is 12.8. The molecule has 0 radical (unpaired) electrons. The minimum atomic E-state index is -3.88. The maximum atomic E-state index is 13.3. The van der Waals surface area contributed by atoms with Gasteiger partial charge in [0.05, 0.1) is 9.79 Å². The summed E-state index contributed by atoms with van der Waals surface area (Å²) in [7, 11) is -3.88. The predicted octanol–water partition coefficient (Wildman–Crippen LogP) is 4.33. The van der Waals surface area contributed by atoms with E-state index in [-0.39, 0.29) is 22.2 Å². The van der Waals surface area contributed by atoms with Gasteiger partial charge in [-0.15, -0.1) is 0 Å². The number of rotatable bonds is 8. The number of carboxylic acids is 1. The van der Waals surface area contributed by atoms with E-state index >= 15 is 0 Å². The van der Waals surface area contributed by atoms with Crippen LogP contribution in [0.4, 0.5) is 4.39 Å². The maximum Gasteiger partial charge on any atom is 0.323 e. The Labute approximate surface area is 191 Å². The van der Waals surface area contributed by atoms with Crippen molar-refractivity contribution in [3.63, 3.8) is 0 Å². The monoisotopic (exact) mass is 470 g/mol. The molecule has 0 bridgehead atoms. The zero-order valence-electron chi connectivity index (χ0n) is 17.7. The molecule has 1 aliphatic rings. The zero-order chi connectivity index (χ0) is 23.5. The highest BCUT2D eigenvalue weighted by atomic mass is 32.2. The lowest BCUT2D eigenvalue weighted by Gasteiger charge is -2.26. The molecule has 2 N–H and O–H groups in total. The van der Waals surface area contributed by atoms with E-state index in [1.54, 1.807) is 0 Å². The second kappa shape index (κ2) is 9.29. The summed E-state index contributed by atoms with van der Waals surface area (Å²) in [6.07, 6.45) is 5.45. The molecule has 4 rings (SSSR count). The number of carbonyl (C=O) groups is 1. The Balaban J connectivity index is 1.55. The number of ether oxygens (including phenoxy) is 1. The number of carboxylic acid groups (broad SMARTS) is 1. The van der Waals surface area contributed by atoms with Crippen molar-refractivity contribution in [3.8, 4) is 11.5 Å². The van der Waals surface area contributed by atoms with Crippen LogP contribution >= 0.6 is 0 Å². The smallest absolute Gasteiger partial charge is 0.323 e. The Morgan fingerprint density at radius 3 is 2.24 bits per heavy atom. The van der Waals surface area contributed by atoms with Crippen LogP contribution in [0.25, 0.3) is 0 Å². The number of nitrogens with zero attached hydrogens (tertiary/aromatic N) is 1. The molecular weight excluding hydrogens is 447 g/mol. The van der Waals surface area contributed by atoms with Gasteiger partial charge in [-0.3, -0.25) is 15.1 Å². The van der Waals surface area contributed by atoms with Crippen LogP contribution < -0.4 is 10.1 Å². The van der Waals surface area contributed by atoms with Gasteiger partial charge in [0.1, 0.15) is 22.9 Å². The fraction of sp³-hybridized carbons (Fsp3) is 0.250. The van der Waals surface area contributed by atoms with Gasteiger partial charge in [0.25, 0.3) is 0 Å². The van der Waals surface area contributed by atoms with E-state index in [1.165, 1.54) is 67.0 Å². The van der Waals surface area contributed by atoms with Gasteiger partial charge in [-0.1, -0.05) is 12.8 Å². The third-order valence-corrected chi connectivity index (χ3v) is 7.69. The van der Waals surface area contributed by atoms with E-state index in [2.05, 4.69) is 10.3 Å². The summed E-state index contributed by atoms with van der Waals surface area (Å²) < 4.78 is 45.3. The van der Waals surface area contributed by atoms with Crippen LogP contribution in [0.3, 0.4) is 0 Å². The Morgan fingerprint density at radius 2 is 1.64 bits per heavy atom. The molecule has 0 saturated heterocycles. The van der Waals surface area contributed by atoms with Crippen molar-refractivity contribution in [3.05, 3.63) is 78.4 Å². The van der Waals surface area contributed by atoms with Crippen LogP contribution in [-0.4, -0.2) is 30.0 Å². The molecule has 1 fully saturated rings. The second-order valence-corrected chi connectivity index (χ2v) is 9.88. The molecule has 1 aliphatic carbocycles. The van der Waals surface area contributed by atoms with Gasteiger partial charge in [-0.25, -0.2) is 12.8 Å². The normalized spacial score (nSPS) is 15.3.